The zero-order valence-electron chi connectivity index (χ0n) is 9.66. The summed E-state index contributed by atoms with van der Waals surface area (Å²) in [6.45, 7) is 2.26. The Bertz CT molecular complexity index is 336. The first-order valence-electron chi connectivity index (χ1n) is 6.10. The van der Waals surface area contributed by atoms with Gasteiger partial charge in [0.15, 0.2) is 0 Å². The van der Waals surface area contributed by atoms with Gasteiger partial charge in [0.25, 0.3) is 0 Å². The van der Waals surface area contributed by atoms with Crippen molar-refractivity contribution in [3.63, 3.8) is 0 Å². The van der Waals surface area contributed by atoms with Crippen LogP contribution in [0.1, 0.15) is 37.5 Å². The van der Waals surface area contributed by atoms with Crippen LogP contribution in [0.5, 0.6) is 0 Å². The smallest absolute Gasteiger partial charge is 0.0616 e. The molecule has 0 radical (unpaired) electrons. The molecule has 1 aromatic heterocycles. The van der Waals surface area contributed by atoms with Crippen molar-refractivity contribution in [3.05, 3.63) is 20.8 Å². The molecule has 1 aliphatic carbocycles. The third-order valence-electron chi connectivity index (χ3n) is 3.74. The first kappa shape index (κ1) is 12.6. The molecule has 16 heavy (non-hydrogen) atoms. The van der Waals surface area contributed by atoms with Crippen LogP contribution in [0.3, 0.4) is 0 Å². The topological polar surface area (TPSA) is 20.2 Å². The fourth-order valence-electron chi connectivity index (χ4n) is 2.67. The number of aliphatic hydroxyl groups excluding tert-OH is 1. The van der Waals surface area contributed by atoms with Crippen LogP contribution in [0.4, 0.5) is 0 Å². The zero-order valence-corrected chi connectivity index (χ0v) is 12.1. The number of thiophene rings is 1. The molecule has 1 N–H and O–H groups in total. The third-order valence-corrected chi connectivity index (χ3v) is 5.46. The molecule has 1 saturated carbocycles. The molecule has 1 fully saturated rings. The molecule has 3 heteroatoms. The molecule has 0 aliphatic heterocycles. The van der Waals surface area contributed by atoms with Crippen LogP contribution in [0.2, 0.25) is 0 Å². The molecule has 2 rings (SSSR count). The maximum atomic E-state index is 10.2. The fourth-order valence-corrected chi connectivity index (χ4v) is 4.17. The number of rotatable bonds is 4. The number of hydrogen-bond acceptors (Lipinski definition) is 2. The lowest BCUT2D eigenvalue weighted by atomic mass is 9.95. The van der Waals surface area contributed by atoms with Gasteiger partial charge in [0, 0.05) is 21.2 Å². The molecule has 90 valence electrons. The van der Waals surface area contributed by atoms with Gasteiger partial charge in [-0.1, -0.05) is 19.8 Å². The lowest BCUT2D eigenvalue weighted by molar-refractivity contribution is 0.109. The first-order valence-corrected chi connectivity index (χ1v) is 7.77. The number of hydrogen-bond donors (Lipinski definition) is 1. The van der Waals surface area contributed by atoms with Gasteiger partial charge in [-0.2, -0.15) is 0 Å². The molecule has 1 heterocycles. The van der Waals surface area contributed by atoms with Crippen molar-refractivity contribution in [2.24, 2.45) is 11.8 Å². The average molecular weight is 303 g/mol. The van der Waals surface area contributed by atoms with Gasteiger partial charge >= 0.3 is 0 Å². The van der Waals surface area contributed by atoms with E-state index >= 15 is 0 Å². The summed E-state index contributed by atoms with van der Waals surface area (Å²) in [6, 6.07) is 2.13. The molecule has 3 unspecified atom stereocenters. The summed E-state index contributed by atoms with van der Waals surface area (Å²) in [6.07, 6.45) is 5.72. The molecule has 1 aliphatic rings. The van der Waals surface area contributed by atoms with E-state index in [1.54, 1.807) is 11.3 Å². The maximum Gasteiger partial charge on any atom is 0.0616 e. The number of halogens is 1. The molecule has 0 amide bonds. The first-order chi connectivity index (χ1) is 7.69. The minimum atomic E-state index is -0.137. The summed E-state index contributed by atoms with van der Waals surface area (Å²) in [5.74, 6) is 1.39. The van der Waals surface area contributed by atoms with E-state index in [-0.39, 0.29) is 6.10 Å². The summed E-state index contributed by atoms with van der Waals surface area (Å²) in [5.41, 5.74) is 0. The molecule has 1 nitrogen and oxygen atoms in total. The van der Waals surface area contributed by atoms with Gasteiger partial charge in [-0.25, -0.2) is 0 Å². The second-order valence-electron chi connectivity index (χ2n) is 4.85. The van der Waals surface area contributed by atoms with Crippen LogP contribution in [-0.2, 0) is 6.42 Å². The fraction of sp³-hybridized carbons (Fsp3) is 0.692. The highest BCUT2D eigenvalue weighted by molar-refractivity contribution is 9.10. The van der Waals surface area contributed by atoms with Crippen LogP contribution in [0.15, 0.2) is 15.9 Å². The molecular weight excluding hydrogens is 284 g/mol. The Kier molecular flexibility index (Phi) is 4.45. The lowest BCUT2D eigenvalue weighted by Gasteiger charge is -2.17. The molecule has 1 aromatic rings. The molecule has 3 atom stereocenters. The lowest BCUT2D eigenvalue weighted by Crippen LogP contribution is -2.20. The van der Waals surface area contributed by atoms with Gasteiger partial charge in [-0.3, -0.25) is 0 Å². The van der Waals surface area contributed by atoms with E-state index in [4.69, 9.17) is 0 Å². The Balaban J connectivity index is 1.86. The van der Waals surface area contributed by atoms with Crippen LogP contribution in [0, 0.1) is 11.8 Å². The SMILES string of the molecule is CCC1CCC(C(O)Cc2cc(Br)cs2)C1. The van der Waals surface area contributed by atoms with Crippen LogP contribution < -0.4 is 0 Å². The second-order valence-corrected chi connectivity index (χ2v) is 6.76. The van der Waals surface area contributed by atoms with E-state index < -0.39 is 0 Å². The van der Waals surface area contributed by atoms with Crippen LogP contribution in [-0.4, -0.2) is 11.2 Å². The van der Waals surface area contributed by atoms with Crippen molar-refractivity contribution < 1.29 is 5.11 Å². The van der Waals surface area contributed by atoms with Gasteiger partial charge < -0.3 is 5.11 Å². The van der Waals surface area contributed by atoms with E-state index in [9.17, 15) is 5.11 Å². The van der Waals surface area contributed by atoms with Crippen molar-refractivity contribution in [1.82, 2.24) is 0 Å². The molecule has 0 saturated heterocycles. The van der Waals surface area contributed by atoms with Crippen LogP contribution in [0.25, 0.3) is 0 Å². The normalized spacial score (nSPS) is 27.2. The quantitative estimate of drug-likeness (QED) is 0.882. The van der Waals surface area contributed by atoms with Gasteiger partial charge in [0.1, 0.15) is 0 Å². The standard InChI is InChI=1S/C13H19BrOS/c1-2-9-3-4-10(5-9)13(15)7-12-6-11(14)8-16-12/h6,8-10,13,15H,2-5,7H2,1H3. The second kappa shape index (κ2) is 5.65. The maximum absolute atomic E-state index is 10.2. The predicted octanol–water partition coefficient (Wildman–Crippen LogP) is 4.24. The molecule has 0 spiro atoms. The highest BCUT2D eigenvalue weighted by Gasteiger charge is 2.29. The molecule has 0 bridgehead atoms. The average Bonchev–Trinajstić information content (AvgIpc) is 2.87. The predicted molar refractivity (Wildman–Crippen MR) is 72.9 cm³/mol. The van der Waals surface area contributed by atoms with E-state index in [1.165, 1.54) is 30.6 Å². The summed E-state index contributed by atoms with van der Waals surface area (Å²) in [4.78, 5) is 1.29. The monoisotopic (exact) mass is 302 g/mol. The minimum absolute atomic E-state index is 0.137. The number of aliphatic hydroxyl groups is 1. The highest BCUT2D eigenvalue weighted by atomic mass is 79.9. The Morgan fingerprint density at radius 2 is 2.38 bits per heavy atom. The van der Waals surface area contributed by atoms with Gasteiger partial charge in [-0.05, 0) is 46.7 Å². The zero-order chi connectivity index (χ0) is 11.5. The largest absolute Gasteiger partial charge is 0.392 e. The summed E-state index contributed by atoms with van der Waals surface area (Å²) in [7, 11) is 0. The highest BCUT2D eigenvalue weighted by Crippen LogP contribution is 2.36. The Morgan fingerprint density at radius 1 is 1.56 bits per heavy atom. The Hall–Kier alpha value is 0.140. The summed E-state index contributed by atoms with van der Waals surface area (Å²) < 4.78 is 1.14. The van der Waals surface area contributed by atoms with E-state index in [0.29, 0.717) is 5.92 Å². The van der Waals surface area contributed by atoms with Crippen molar-refractivity contribution in [1.29, 1.82) is 0 Å². The van der Waals surface area contributed by atoms with E-state index in [0.717, 1.165) is 16.8 Å². The Labute approximate surface area is 110 Å². The van der Waals surface area contributed by atoms with Gasteiger partial charge in [-0.15, -0.1) is 11.3 Å². The van der Waals surface area contributed by atoms with E-state index in [1.807, 2.05) is 0 Å². The molecular formula is C13H19BrOS. The van der Waals surface area contributed by atoms with Crippen molar-refractivity contribution in [2.45, 2.75) is 45.1 Å². The Morgan fingerprint density at radius 3 is 2.94 bits per heavy atom. The minimum Gasteiger partial charge on any atom is -0.392 e. The van der Waals surface area contributed by atoms with E-state index in [2.05, 4.69) is 34.3 Å². The molecule has 0 aromatic carbocycles. The van der Waals surface area contributed by atoms with Crippen molar-refractivity contribution in [3.8, 4) is 0 Å². The van der Waals surface area contributed by atoms with Gasteiger partial charge in [0.2, 0.25) is 0 Å². The van der Waals surface area contributed by atoms with Crippen molar-refractivity contribution in [2.75, 3.05) is 0 Å². The van der Waals surface area contributed by atoms with Crippen molar-refractivity contribution >= 4 is 27.3 Å². The third kappa shape index (κ3) is 3.08. The van der Waals surface area contributed by atoms with Crippen LogP contribution >= 0.6 is 27.3 Å². The summed E-state index contributed by atoms with van der Waals surface area (Å²) >= 11 is 5.19. The van der Waals surface area contributed by atoms with Gasteiger partial charge in [0.05, 0.1) is 6.10 Å². The summed E-state index contributed by atoms with van der Waals surface area (Å²) in [5, 5.41) is 12.3.